The molecule has 0 saturated carbocycles. The standard InChI is InChI=1S/C10H13N5O3S/c16-7(15-18)3-1-2-4-19-10-12-8-6(5-11-14-8)9(17)13-10/h5,18H,1-4H2,(H,15,16)(H2,11,12,13,14,17). The van der Waals surface area contributed by atoms with Gasteiger partial charge in [0.25, 0.3) is 5.56 Å². The normalized spacial score (nSPS) is 10.8. The molecule has 2 aromatic heterocycles. The van der Waals surface area contributed by atoms with E-state index in [1.807, 2.05) is 0 Å². The molecule has 0 aromatic carbocycles. The zero-order chi connectivity index (χ0) is 13.7. The molecule has 1 amide bonds. The molecule has 0 spiro atoms. The number of nitrogens with one attached hydrogen (secondary N) is 3. The Kier molecular flexibility index (Phi) is 4.53. The first-order chi connectivity index (χ1) is 9.20. The summed E-state index contributed by atoms with van der Waals surface area (Å²) in [5.74, 6) is 0.330. The van der Waals surface area contributed by atoms with E-state index in [4.69, 9.17) is 5.21 Å². The number of unbranched alkanes of at least 4 members (excludes halogenated alkanes) is 1. The Hall–Kier alpha value is -1.87. The largest absolute Gasteiger partial charge is 0.301 e. The Morgan fingerprint density at radius 2 is 2.32 bits per heavy atom. The second-order valence-corrected chi connectivity index (χ2v) is 4.93. The molecule has 2 rings (SSSR count). The van der Waals surface area contributed by atoms with Crippen LogP contribution in [0.2, 0.25) is 0 Å². The Balaban J connectivity index is 1.85. The van der Waals surface area contributed by atoms with Gasteiger partial charge in [0.2, 0.25) is 5.91 Å². The highest BCUT2D eigenvalue weighted by molar-refractivity contribution is 7.99. The van der Waals surface area contributed by atoms with Gasteiger partial charge in [0, 0.05) is 12.2 Å². The molecule has 0 bridgehead atoms. The monoisotopic (exact) mass is 283 g/mol. The van der Waals surface area contributed by atoms with Crippen LogP contribution in [-0.2, 0) is 4.79 Å². The molecule has 0 aliphatic carbocycles. The maximum atomic E-state index is 11.6. The van der Waals surface area contributed by atoms with Crippen molar-refractivity contribution in [2.45, 2.75) is 24.4 Å². The second kappa shape index (κ2) is 6.34. The fourth-order valence-corrected chi connectivity index (χ4v) is 2.37. The lowest BCUT2D eigenvalue weighted by Gasteiger charge is -2.01. The number of rotatable bonds is 6. The van der Waals surface area contributed by atoms with Crippen molar-refractivity contribution in [3.63, 3.8) is 0 Å². The van der Waals surface area contributed by atoms with E-state index in [0.29, 0.717) is 22.6 Å². The molecule has 2 aromatic rings. The number of aromatic amines is 2. The van der Waals surface area contributed by atoms with Crippen molar-refractivity contribution in [3.05, 3.63) is 16.6 Å². The van der Waals surface area contributed by atoms with Crippen molar-refractivity contribution in [1.82, 2.24) is 25.6 Å². The van der Waals surface area contributed by atoms with Crippen molar-refractivity contribution in [2.75, 3.05) is 5.75 Å². The molecule has 9 heteroatoms. The second-order valence-electron chi connectivity index (χ2n) is 3.84. The van der Waals surface area contributed by atoms with E-state index in [0.717, 1.165) is 12.2 Å². The fourth-order valence-electron chi connectivity index (χ4n) is 1.51. The molecule has 0 saturated heterocycles. The number of nitrogens with zero attached hydrogens (tertiary/aromatic N) is 2. The minimum absolute atomic E-state index is 0.221. The van der Waals surface area contributed by atoms with Crippen molar-refractivity contribution in [3.8, 4) is 0 Å². The van der Waals surface area contributed by atoms with Crippen LogP contribution in [0, 0.1) is 0 Å². The number of hydrogen-bond donors (Lipinski definition) is 4. The molecule has 0 aliphatic heterocycles. The lowest BCUT2D eigenvalue weighted by molar-refractivity contribution is -0.129. The molecule has 102 valence electrons. The van der Waals surface area contributed by atoms with Crippen LogP contribution in [0.15, 0.2) is 16.1 Å². The minimum atomic E-state index is -0.393. The van der Waals surface area contributed by atoms with Crippen LogP contribution < -0.4 is 11.0 Å². The smallest absolute Gasteiger partial charge is 0.262 e. The van der Waals surface area contributed by atoms with Crippen molar-refractivity contribution in [2.24, 2.45) is 0 Å². The number of carbonyl (C=O) groups is 1. The van der Waals surface area contributed by atoms with Gasteiger partial charge in [0.1, 0.15) is 5.39 Å². The summed E-state index contributed by atoms with van der Waals surface area (Å²) >= 11 is 1.40. The van der Waals surface area contributed by atoms with Gasteiger partial charge in [-0.3, -0.25) is 19.9 Å². The lowest BCUT2D eigenvalue weighted by atomic mass is 10.2. The van der Waals surface area contributed by atoms with Gasteiger partial charge in [0.05, 0.1) is 6.20 Å². The summed E-state index contributed by atoms with van der Waals surface area (Å²) < 4.78 is 0. The maximum absolute atomic E-state index is 11.6. The summed E-state index contributed by atoms with van der Waals surface area (Å²) in [5, 5.41) is 15.7. The van der Waals surface area contributed by atoms with Gasteiger partial charge in [-0.15, -0.1) is 0 Å². The van der Waals surface area contributed by atoms with Crippen LogP contribution in [0.1, 0.15) is 19.3 Å². The number of carbonyl (C=O) groups excluding carboxylic acids is 1. The van der Waals surface area contributed by atoms with Gasteiger partial charge in [-0.2, -0.15) is 5.10 Å². The van der Waals surface area contributed by atoms with Gasteiger partial charge in [-0.1, -0.05) is 11.8 Å². The lowest BCUT2D eigenvalue weighted by Crippen LogP contribution is -2.17. The highest BCUT2D eigenvalue weighted by atomic mass is 32.2. The molecule has 19 heavy (non-hydrogen) atoms. The highest BCUT2D eigenvalue weighted by Crippen LogP contribution is 2.15. The summed E-state index contributed by atoms with van der Waals surface area (Å²) in [7, 11) is 0. The SMILES string of the molecule is O=C(CCCCSc1nc2[nH]ncc2c(=O)[nH]1)NO. The topological polar surface area (TPSA) is 124 Å². The number of hydroxylamine groups is 1. The van der Waals surface area contributed by atoms with Gasteiger partial charge in [-0.05, 0) is 12.8 Å². The first-order valence-corrected chi connectivity index (χ1v) is 6.68. The molecule has 4 N–H and O–H groups in total. The molecule has 0 aliphatic rings. The zero-order valence-corrected chi connectivity index (χ0v) is 10.8. The van der Waals surface area contributed by atoms with Crippen LogP contribution >= 0.6 is 11.8 Å². The first-order valence-electron chi connectivity index (χ1n) is 5.70. The van der Waals surface area contributed by atoms with Crippen molar-refractivity contribution >= 4 is 28.7 Å². The average Bonchev–Trinajstić information content (AvgIpc) is 2.87. The fraction of sp³-hybridized carbons (Fsp3) is 0.400. The number of aromatic nitrogens is 4. The Morgan fingerprint density at radius 1 is 1.47 bits per heavy atom. The summed E-state index contributed by atoms with van der Waals surface area (Å²) in [5.41, 5.74) is 1.82. The van der Waals surface area contributed by atoms with E-state index in [1.54, 1.807) is 5.48 Å². The third-order valence-electron chi connectivity index (χ3n) is 2.46. The van der Waals surface area contributed by atoms with Crippen LogP contribution in [0.4, 0.5) is 0 Å². The zero-order valence-electron chi connectivity index (χ0n) is 9.97. The molecule has 8 nitrogen and oxygen atoms in total. The average molecular weight is 283 g/mol. The predicted octanol–water partition coefficient (Wildman–Crippen LogP) is 0.414. The van der Waals surface area contributed by atoms with E-state index >= 15 is 0 Å². The Morgan fingerprint density at radius 3 is 3.11 bits per heavy atom. The molecule has 0 atom stereocenters. The van der Waals surface area contributed by atoms with Crippen LogP contribution in [0.3, 0.4) is 0 Å². The van der Waals surface area contributed by atoms with E-state index in [1.165, 1.54) is 18.0 Å². The Bertz CT molecular complexity index is 623. The summed E-state index contributed by atoms with van der Waals surface area (Å²) in [4.78, 5) is 29.3. The van der Waals surface area contributed by atoms with Crippen LogP contribution in [-0.4, -0.2) is 37.0 Å². The van der Waals surface area contributed by atoms with E-state index in [-0.39, 0.29) is 12.0 Å². The van der Waals surface area contributed by atoms with Crippen LogP contribution in [0.5, 0.6) is 0 Å². The number of hydrogen-bond acceptors (Lipinski definition) is 6. The molecule has 0 unspecified atom stereocenters. The number of fused-ring (bicyclic) bond motifs is 1. The molecule has 2 heterocycles. The molecule has 0 radical (unpaired) electrons. The summed E-state index contributed by atoms with van der Waals surface area (Å²) in [6.07, 6.45) is 3.16. The summed E-state index contributed by atoms with van der Waals surface area (Å²) in [6, 6.07) is 0. The van der Waals surface area contributed by atoms with E-state index < -0.39 is 5.91 Å². The first kappa shape index (κ1) is 13.6. The molecule has 0 fully saturated rings. The van der Waals surface area contributed by atoms with Crippen LogP contribution in [0.25, 0.3) is 11.0 Å². The quantitative estimate of drug-likeness (QED) is 0.200. The van der Waals surface area contributed by atoms with Gasteiger partial charge >= 0.3 is 0 Å². The van der Waals surface area contributed by atoms with Gasteiger partial charge < -0.3 is 4.98 Å². The third-order valence-corrected chi connectivity index (χ3v) is 3.42. The summed E-state index contributed by atoms with van der Waals surface area (Å²) in [6.45, 7) is 0. The highest BCUT2D eigenvalue weighted by Gasteiger charge is 2.06. The van der Waals surface area contributed by atoms with Gasteiger partial charge in [0.15, 0.2) is 10.8 Å². The van der Waals surface area contributed by atoms with E-state index in [9.17, 15) is 9.59 Å². The molecular formula is C10H13N5O3S. The van der Waals surface area contributed by atoms with Crippen molar-refractivity contribution in [1.29, 1.82) is 0 Å². The minimum Gasteiger partial charge on any atom is -0.301 e. The van der Waals surface area contributed by atoms with E-state index in [2.05, 4.69) is 20.2 Å². The molecular weight excluding hydrogens is 270 g/mol. The Labute approximate surface area is 112 Å². The number of thioether (sulfide) groups is 1. The number of H-pyrrole nitrogens is 2. The third kappa shape index (κ3) is 3.55. The van der Waals surface area contributed by atoms with Gasteiger partial charge in [-0.25, -0.2) is 10.5 Å². The predicted molar refractivity (Wildman–Crippen MR) is 69.0 cm³/mol. The maximum Gasteiger partial charge on any atom is 0.262 e. The number of amides is 1. The van der Waals surface area contributed by atoms with Crippen molar-refractivity contribution < 1.29 is 10.0 Å².